The molecule has 1 aliphatic carbocycles. The molecule has 21 heavy (non-hydrogen) atoms. The number of nitrogens with zero attached hydrogens (tertiary/aromatic N) is 2. The number of nitrogens with two attached hydrogens (primary N) is 1. The number of guanidine groups is 1. The lowest BCUT2D eigenvalue weighted by atomic mass is 10.2. The number of rotatable bonds is 12. The van der Waals surface area contributed by atoms with Crippen LogP contribution in [0.25, 0.3) is 0 Å². The van der Waals surface area contributed by atoms with E-state index in [1.165, 1.54) is 32.1 Å². The van der Waals surface area contributed by atoms with E-state index in [4.69, 9.17) is 10.5 Å². The first kappa shape index (κ1) is 20.9. The summed E-state index contributed by atoms with van der Waals surface area (Å²) >= 11 is 0. The molecule has 1 fully saturated rings. The van der Waals surface area contributed by atoms with Crippen LogP contribution in [0.4, 0.5) is 0 Å². The molecule has 0 aromatic heterocycles. The molecule has 1 saturated carbocycles. The Kier molecular flexibility index (Phi) is 13.5. The van der Waals surface area contributed by atoms with Gasteiger partial charge in [0.15, 0.2) is 5.96 Å². The van der Waals surface area contributed by atoms with E-state index in [-0.39, 0.29) is 24.0 Å². The number of methoxy groups -OCH3 is 1. The number of hydrogen-bond acceptors (Lipinski definition) is 3. The van der Waals surface area contributed by atoms with E-state index >= 15 is 0 Å². The van der Waals surface area contributed by atoms with Crippen LogP contribution in [0, 0.1) is 0 Å². The molecule has 0 aromatic rings. The van der Waals surface area contributed by atoms with Crippen molar-refractivity contribution in [3.8, 4) is 0 Å². The van der Waals surface area contributed by atoms with E-state index in [0.29, 0.717) is 5.96 Å². The zero-order valence-electron chi connectivity index (χ0n) is 13.6. The highest BCUT2D eigenvalue weighted by atomic mass is 127. The molecule has 0 spiro atoms. The molecule has 0 radical (unpaired) electrons. The quantitative estimate of drug-likeness (QED) is 0.223. The summed E-state index contributed by atoms with van der Waals surface area (Å²) in [6.45, 7) is 6.75. The minimum Gasteiger partial charge on any atom is -0.383 e. The summed E-state index contributed by atoms with van der Waals surface area (Å²) < 4.78 is 5.15. The highest BCUT2D eigenvalue weighted by molar-refractivity contribution is 14.0. The number of ether oxygens (including phenoxy) is 1. The van der Waals surface area contributed by atoms with E-state index in [0.717, 1.165) is 45.2 Å². The molecule has 3 N–H and O–H groups in total. The number of hydrogen-bond donors (Lipinski definition) is 2. The van der Waals surface area contributed by atoms with Gasteiger partial charge in [-0.05, 0) is 19.3 Å². The zero-order valence-corrected chi connectivity index (χ0v) is 16.0. The number of unbranched alkanes of at least 4 members (excludes halogenated alkanes) is 3. The van der Waals surface area contributed by atoms with Gasteiger partial charge in [-0.15, -0.1) is 24.0 Å². The van der Waals surface area contributed by atoms with Crippen LogP contribution in [0.3, 0.4) is 0 Å². The maximum Gasteiger partial charge on any atom is 0.188 e. The van der Waals surface area contributed by atoms with Crippen molar-refractivity contribution in [2.24, 2.45) is 10.7 Å². The number of nitrogens with one attached hydrogen (secondary N) is 1. The Hall–Kier alpha value is -0.0800. The molecule has 1 aliphatic rings. The second-order valence-electron chi connectivity index (χ2n) is 5.51. The van der Waals surface area contributed by atoms with Gasteiger partial charge in [0.05, 0.1) is 6.61 Å². The molecule has 1 rings (SSSR count). The Balaban J connectivity index is 0.00000400. The van der Waals surface area contributed by atoms with E-state index in [1.807, 2.05) is 0 Å². The highest BCUT2D eigenvalue weighted by Gasteiger charge is 2.27. The van der Waals surface area contributed by atoms with Gasteiger partial charge in [0.25, 0.3) is 0 Å². The third-order valence-corrected chi connectivity index (χ3v) is 3.64. The topological polar surface area (TPSA) is 62.9 Å². The van der Waals surface area contributed by atoms with Gasteiger partial charge in [0.2, 0.25) is 0 Å². The van der Waals surface area contributed by atoms with E-state index in [1.54, 1.807) is 7.11 Å². The number of halogens is 1. The monoisotopic (exact) mass is 412 g/mol. The summed E-state index contributed by atoms with van der Waals surface area (Å²) in [6.07, 6.45) is 7.59. The largest absolute Gasteiger partial charge is 0.383 e. The normalized spacial score (nSPS) is 15.1. The van der Waals surface area contributed by atoms with Crippen molar-refractivity contribution < 1.29 is 4.74 Å². The molecule has 0 atom stereocenters. The van der Waals surface area contributed by atoms with Gasteiger partial charge in [-0.2, -0.15) is 0 Å². The maximum atomic E-state index is 5.86. The van der Waals surface area contributed by atoms with Crippen LogP contribution in [0.1, 0.15) is 45.4 Å². The fourth-order valence-corrected chi connectivity index (χ4v) is 2.25. The van der Waals surface area contributed by atoms with Crippen molar-refractivity contribution in [1.82, 2.24) is 10.2 Å². The van der Waals surface area contributed by atoms with Gasteiger partial charge in [-0.3, -0.25) is 9.89 Å². The van der Waals surface area contributed by atoms with Crippen LogP contribution < -0.4 is 11.1 Å². The highest BCUT2D eigenvalue weighted by Crippen LogP contribution is 2.25. The molecule has 126 valence electrons. The summed E-state index contributed by atoms with van der Waals surface area (Å²) in [5.41, 5.74) is 5.86. The van der Waals surface area contributed by atoms with Crippen LogP contribution in [-0.2, 0) is 4.74 Å². The SMILES string of the molecule is CCCCCCN=C(N)NCCN(CCOC)C1CC1.I. The van der Waals surface area contributed by atoms with Crippen LogP contribution in [0.15, 0.2) is 4.99 Å². The summed E-state index contributed by atoms with van der Waals surface area (Å²) in [5.74, 6) is 0.587. The van der Waals surface area contributed by atoms with Crippen molar-refractivity contribution in [2.75, 3.05) is 39.9 Å². The Morgan fingerprint density at radius 1 is 1.29 bits per heavy atom. The first-order valence-corrected chi connectivity index (χ1v) is 8.04. The Labute approximate surface area is 147 Å². The lowest BCUT2D eigenvalue weighted by Gasteiger charge is -2.21. The zero-order chi connectivity index (χ0) is 14.6. The van der Waals surface area contributed by atoms with E-state index < -0.39 is 0 Å². The third kappa shape index (κ3) is 11.2. The van der Waals surface area contributed by atoms with Crippen LogP contribution >= 0.6 is 24.0 Å². The van der Waals surface area contributed by atoms with Gasteiger partial charge in [0.1, 0.15) is 0 Å². The fourth-order valence-electron chi connectivity index (χ4n) is 2.25. The van der Waals surface area contributed by atoms with Gasteiger partial charge < -0.3 is 15.8 Å². The van der Waals surface area contributed by atoms with E-state index in [9.17, 15) is 0 Å². The predicted octanol–water partition coefficient (Wildman–Crippen LogP) is 2.20. The molecule has 0 unspecified atom stereocenters. The first-order chi connectivity index (χ1) is 9.77. The van der Waals surface area contributed by atoms with Crippen molar-refractivity contribution in [3.63, 3.8) is 0 Å². The fraction of sp³-hybridized carbons (Fsp3) is 0.933. The summed E-state index contributed by atoms with van der Waals surface area (Å²) in [5, 5.41) is 3.21. The van der Waals surface area contributed by atoms with Gasteiger partial charge >= 0.3 is 0 Å². The molecule has 0 bridgehead atoms. The molecule has 0 aliphatic heterocycles. The number of aliphatic imine (C=N–C) groups is 1. The molecule has 0 amide bonds. The second kappa shape index (κ2) is 13.6. The lowest BCUT2D eigenvalue weighted by molar-refractivity contribution is 0.144. The smallest absolute Gasteiger partial charge is 0.188 e. The third-order valence-electron chi connectivity index (χ3n) is 3.64. The minimum absolute atomic E-state index is 0. The maximum absolute atomic E-state index is 5.86. The average molecular weight is 412 g/mol. The predicted molar refractivity (Wildman–Crippen MR) is 101 cm³/mol. The molecule has 0 aromatic carbocycles. The van der Waals surface area contributed by atoms with Gasteiger partial charge in [0, 0.05) is 39.3 Å². The van der Waals surface area contributed by atoms with Crippen molar-refractivity contribution >= 4 is 29.9 Å². The van der Waals surface area contributed by atoms with Crippen LogP contribution in [0.2, 0.25) is 0 Å². The van der Waals surface area contributed by atoms with Crippen LogP contribution in [-0.4, -0.2) is 56.8 Å². The van der Waals surface area contributed by atoms with Crippen molar-refractivity contribution in [2.45, 2.75) is 51.5 Å². The average Bonchev–Trinajstić information content (AvgIpc) is 3.27. The lowest BCUT2D eigenvalue weighted by Crippen LogP contribution is -2.40. The summed E-state index contributed by atoms with van der Waals surface area (Å²) in [4.78, 5) is 6.83. The molecule has 5 nitrogen and oxygen atoms in total. The standard InChI is InChI=1S/C15H32N4O.HI/c1-3-4-5-6-9-17-15(16)18-10-11-19(12-13-20-2)14-7-8-14;/h14H,3-13H2,1-2H3,(H3,16,17,18);1H. The first-order valence-electron chi connectivity index (χ1n) is 8.04. The molecule has 6 heteroatoms. The van der Waals surface area contributed by atoms with Crippen molar-refractivity contribution in [1.29, 1.82) is 0 Å². The van der Waals surface area contributed by atoms with Gasteiger partial charge in [-0.1, -0.05) is 26.2 Å². The Morgan fingerprint density at radius 2 is 2.05 bits per heavy atom. The Bertz CT molecular complexity index is 272. The molecule has 0 saturated heterocycles. The van der Waals surface area contributed by atoms with Crippen LogP contribution in [0.5, 0.6) is 0 Å². The molecular formula is C15H33IN4O. The molecule has 0 heterocycles. The Morgan fingerprint density at radius 3 is 2.67 bits per heavy atom. The molecular weight excluding hydrogens is 379 g/mol. The second-order valence-corrected chi connectivity index (χ2v) is 5.51. The summed E-state index contributed by atoms with van der Waals surface area (Å²) in [6, 6.07) is 0.763. The summed E-state index contributed by atoms with van der Waals surface area (Å²) in [7, 11) is 1.76. The minimum atomic E-state index is 0. The van der Waals surface area contributed by atoms with E-state index in [2.05, 4.69) is 22.1 Å². The van der Waals surface area contributed by atoms with Crippen molar-refractivity contribution in [3.05, 3.63) is 0 Å². The van der Waals surface area contributed by atoms with Gasteiger partial charge in [-0.25, -0.2) is 0 Å².